The number of carbonyl (C=O) groups is 1. The van der Waals surface area contributed by atoms with Crippen LogP contribution < -0.4 is 0 Å². The summed E-state index contributed by atoms with van der Waals surface area (Å²) in [7, 11) is 0. The van der Waals surface area contributed by atoms with Crippen LogP contribution in [0.1, 0.15) is 12.6 Å². The van der Waals surface area contributed by atoms with Crippen LogP contribution in [0.3, 0.4) is 0 Å². The lowest BCUT2D eigenvalue weighted by Gasteiger charge is -2.03. The first-order valence-corrected chi connectivity index (χ1v) is 7.56. The zero-order valence-corrected chi connectivity index (χ0v) is 13.1. The fourth-order valence-corrected chi connectivity index (χ4v) is 2.44. The quantitative estimate of drug-likeness (QED) is 0.420. The topological polar surface area (TPSA) is 67.4 Å². The van der Waals surface area contributed by atoms with Gasteiger partial charge in [0.15, 0.2) is 0 Å². The van der Waals surface area contributed by atoms with Crippen LogP contribution in [0.15, 0.2) is 60.3 Å². The Labute approximate surface area is 139 Å². The highest BCUT2D eigenvalue weighted by molar-refractivity contribution is 5.98. The van der Waals surface area contributed by atoms with Gasteiger partial charge < -0.3 is 4.74 Å². The lowest BCUT2D eigenvalue weighted by Crippen LogP contribution is -2.06. The molecule has 0 radical (unpaired) electrons. The van der Waals surface area contributed by atoms with Crippen molar-refractivity contribution in [1.82, 2.24) is 9.38 Å². The molecule has 0 aliphatic carbocycles. The van der Waals surface area contributed by atoms with Crippen LogP contribution in [0.4, 0.5) is 0 Å². The van der Waals surface area contributed by atoms with Crippen molar-refractivity contribution in [3.63, 3.8) is 0 Å². The summed E-state index contributed by atoms with van der Waals surface area (Å²) in [4.78, 5) is 16.6. The second kappa shape index (κ2) is 6.80. The number of aromatic nitrogens is 2. The molecule has 0 fully saturated rings. The molecule has 0 N–H and O–H groups in total. The van der Waals surface area contributed by atoms with E-state index in [2.05, 4.69) is 4.98 Å². The van der Waals surface area contributed by atoms with Crippen molar-refractivity contribution in [2.45, 2.75) is 6.92 Å². The smallest absolute Gasteiger partial charge is 0.348 e. The molecule has 0 aliphatic heterocycles. The number of esters is 1. The van der Waals surface area contributed by atoms with Gasteiger partial charge in [-0.1, -0.05) is 36.4 Å². The molecule has 0 atom stereocenters. The minimum absolute atomic E-state index is 0.0558. The third-order valence-electron chi connectivity index (χ3n) is 3.51. The van der Waals surface area contributed by atoms with Crippen molar-refractivity contribution in [3.8, 4) is 17.3 Å². The third kappa shape index (κ3) is 2.90. The maximum Gasteiger partial charge on any atom is 0.348 e. The van der Waals surface area contributed by atoms with Gasteiger partial charge in [0.2, 0.25) is 0 Å². The Hall–Kier alpha value is -3.39. The van der Waals surface area contributed by atoms with Crippen molar-refractivity contribution < 1.29 is 9.53 Å². The predicted molar refractivity (Wildman–Crippen MR) is 90.9 cm³/mol. The van der Waals surface area contributed by atoms with Gasteiger partial charge in [0.05, 0.1) is 18.0 Å². The standard InChI is InChI=1S/C19H15N3O2/c1-2-24-19(23)15(13-20)12-16-18(14-8-4-3-5-9-14)21-17-10-6-7-11-22(16)17/h3-12H,2H2,1H3/b15-12+. The van der Waals surface area contributed by atoms with Crippen molar-refractivity contribution >= 4 is 17.7 Å². The number of imidazole rings is 1. The second-order valence-corrected chi connectivity index (χ2v) is 5.03. The van der Waals surface area contributed by atoms with E-state index >= 15 is 0 Å². The minimum Gasteiger partial charge on any atom is -0.462 e. The first-order valence-electron chi connectivity index (χ1n) is 7.56. The molecule has 5 nitrogen and oxygen atoms in total. The van der Waals surface area contributed by atoms with E-state index in [1.165, 1.54) is 6.08 Å². The summed E-state index contributed by atoms with van der Waals surface area (Å²) in [5.74, 6) is -0.634. The molecule has 2 heterocycles. The molecular formula is C19H15N3O2. The summed E-state index contributed by atoms with van der Waals surface area (Å²) in [5, 5.41) is 9.31. The van der Waals surface area contributed by atoms with E-state index in [1.54, 1.807) is 6.92 Å². The number of hydrogen-bond donors (Lipinski definition) is 0. The van der Waals surface area contributed by atoms with Crippen LogP contribution in [0.2, 0.25) is 0 Å². The normalized spacial score (nSPS) is 11.2. The molecule has 0 aliphatic rings. The van der Waals surface area contributed by atoms with Gasteiger partial charge in [-0.25, -0.2) is 9.78 Å². The number of rotatable bonds is 4. The number of pyridine rings is 1. The molecule has 0 saturated carbocycles. The average Bonchev–Trinajstić information content (AvgIpc) is 2.99. The summed E-state index contributed by atoms with van der Waals surface area (Å²) in [6.07, 6.45) is 3.38. The Morgan fingerprint density at radius 1 is 1.25 bits per heavy atom. The molecule has 0 bridgehead atoms. The van der Waals surface area contributed by atoms with Crippen LogP contribution in [-0.2, 0) is 9.53 Å². The van der Waals surface area contributed by atoms with Crippen LogP contribution >= 0.6 is 0 Å². The molecule has 3 aromatic rings. The zero-order chi connectivity index (χ0) is 16.9. The molecule has 5 heteroatoms. The van der Waals surface area contributed by atoms with Crippen LogP contribution in [-0.4, -0.2) is 22.0 Å². The van der Waals surface area contributed by atoms with E-state index < -0.39 is 5.97 Å². The summed E-state index contributed by atoms with van der Waals surface area (Å²) in [6, 6.07) is 17.2. The van der Waals surface area contributed by atoms with E-state index in [0.717, 1.165) is 11.2 Å². The predicted octanol–water partition coefficient (Wildman–Crippen LogP) is 3.47. The first kappa shape index (κ1) is 15.5. The molecule has 0 spiro atoms. The second-order valence-electron chi connectivity index (χ2n) is 5.03. The maximum absolute atomic E-state index is 11.9. The van der Waals surface area contributed by atoms with Crippen molar-refractivity contribution in [2.24, 2.45) is 0 Å². The van der Waals surface area contributed by atoms with Gasteiger partial charge in [-0.2, -0.15) is 5.26 Å². The van der Waals surface area contributed by atoms with Gasteiger partial charge >= 0.3 is 5.97 Å². The maximum atomic E-state index is 11.9. The van der Waals surface area contributed by atoms with Crippen LogP contribution in [0.5, 0.6) is 0 Å². The monoisotopic (exact) mass is 317 g/mol. The molecular weight excluding hydrogens is 302 g/mol. The minimum atomic E-state index is -0.634. The fraction of sp³-hybridized carbons (Fsp3) is 0.105. The Morgan fingerprint density at radius 2 is 2.00 bits per heavy atom. The van der Waals surface area contributed by atoms with Gasteiger partial charge in [-0.15, -0.1) is 0 Å². The Balaban J connectivity index is 2.22. The summed E-state index contributed by atoms with van der Waals surface area (Å²) >= 11 is 0. The summed E-state index contributed by atoms with van der Waals surface area (Å²) in [6.45, 7) is 1.92. The van der Waals surface area contributed by atoms with Crippen molar-refractivity contribution in [3.05, 3.63) is 66.0 Å². The number of nitrogens with zero attached hydrogens (tertiary/aromatic N) is 3. The van der Waals surface area contributed by atoms with Crippen LogP contribution in [0, 0.1) is 11.3 Å². The average molecular weight is 317 g/mol. The van der Waals surface area contributed by atoms with Crippen molar-refractivity contribution in [1.29, 1.82) is 5.26 Å². The Kier molecular flexibility index (Phi) is 4.39. The number of hydrogen-bond acceptors (Lipinski definition) is 4. The van der Waals surface area contributed by atoms with Gasteiger partial charge in [-0.3, -0.25) is 4.40 Å². The molecule has 0 saturated heterocycles. The molecule has 24 heavy (non-hydrogen) atoms. The van der Waals surface area contributed by atoms with E-state index in [1.807, 2.05) is 65.2 Å². The fourth-order valence-electron chi connectivity index (χ4n) is 2.44. The van der Waals surface area contributed by atoms with E-state index in [9.17, 15) is 10.1 Å². The molecule has 0 amide bonds. The Bertz CT molecular complexity index is 950. The molecule has 1 aromatic carbocycles. The largest absolute Gasteiger partial charge is 0.462 e. The SMILES string of the molecule is CCOC(=O)/C(C#N)=C/c1c(-c2ccccc2)nc2ccccn12. The van der Waals surface area contributed by atoms with E-state index in [0.29, 0.717) is 11.4 Å². The highest BCUT2D eigenvalue weighted by Crippen LogP contribution is 2.26. The lowest BCUT2D eigenvalue weighted by atomic mass is 10.1. The molecule has 0 unspecified atom stereocenters. The van der Waals surface area contributed by atoms with Gasteiger partial charge in [0, 0.05) is 11.8 Å². The molecule has 2 aromatic heterocycles. The highest BCUT2D eigenvalue weighted by atomic mass is 16.5. The number of fused-ring (bicyclic) bond motifs is 1. The third-order valence-corrected chi connectivity index (χ3v) is 3.51. The number of benzene rings is 1. The Morgan fingerprint density at radius 3 is 2.71 bits per heavy atom. The van der Waals surface area contributed by atoms with Gasteiger partial charge in [0.25, 0.3) is 0 Å². The summed E-state index contributed by atoms with van der Waals surface area (Å²) in [5.41, 5.74) is 2.97. The number of ether oxygens (including phenoxy) is 1. The molecule has 118 valence electrons. The van der Waals surface area contributed by atoms with E-state index in [4.69, 9.17) is 4.74 Å². The first-order chi connectivity index (χ1) is 11.7. The lowest BCUT2D eigenvalue weighted by molar-refractivity contribution is -0.137. The van der Waals surface area contributed by atoms with Crippen LogP contribution in [0.25, 0.3) is 23.0 Å². The zero-order valence-electron chi connectivity index (χ0n) is 13.1. The van der Waals surface area contributed by atoms with Gasteiger partial charge in [-0.05, 0) is 25.1 Å². The molecule has 3 rings (SSSR count). The summed E-state index contributed by atoms with van der Waals surface area (Å²) < 4.78 is 6.79. The van der Waals surface area contributed by atoms with E-state index in [-0.39, 0.29) is 12.2 Å². The van der Waals surface area contributed by atoms with Crippen molar-refractivity contribution in [2.75, 3.05) is 6.61 Å². The van der Waals surface area contributed by atoms with Gasteiger partial charge in [0.1, 0.15) is 17.3 Å². The number of carbonyl (C=O) groups excluding carboxylic acids is 1. The number of nitriles is 1. The highest BCUT2D eigenvalue weighted by Gasteiger charge is 2.16.